The van der Waals surface area contributed by atoms with Crippen molar-refractivity contribution < 1.29 is 9.13 Å². The molecule has 2 rings (SSSR count). The predicted octanol–water partition coefficient (Wildman–Crippen LogP) is 5.93. The molecule has 0 unspecified atom stereocenters. The second-order valence-electron chi connectivity index (χ2n) is 3.56. The highest BCUT2D eigenvalue weighted by Crippen LogP contribution is 2.31. The van der Waals surface area contributed by atoms with Crippen molar-refractivity contribution in [2.45, 2.75) is 5.33 Å². The second kappa shape index (κ2) is 6.04. The highest BCUT2D eigenvalue weighted by atomic mass is 79.9. The molecule has 0 aromatic heterocycles. The molecule has 0 amide bonds. The van der Waals surface area contributed by atoms with Gasteiger partial charge in [-0.05, 0) is 40.2 Å². The molecule has 0 saturated carbocycles. The van der Waals surface area contributed by atoms with E-state index in [1.54, 1.807) is 24.3 Å². The number of benzene rings is 2. The van der Waals surface area contributed by atoms with Crippen LogP contribution in [0.15, 0.2) is 40.9 Å². The molecule has 0 aliphatic carbocycles. The first kappa shape index (κ1) is 13.8. The Morgan fingerprint density at radius 2 is 1.94 bits per heavy atom. The normalized spacial score (nSPS) is 10.4. The lowest BCUT2D eigenvalue weighted by Crippen LogP contribution is -1.90. The van der Waals surface area contributed by atoms with Crippen LogP contribution in [0.1, 0.15) is 5.56 Å². The van der Waals surface area contributed by atoms with Crippen LogP contribution >= 0.6 is 43.5 Å². The first-order valence-electron chi connectivity index (χ1n) is 5.07. The van der Waals surface area contributed by atoms with E-state index in [0.29, 0.717) is 26.3 Å². The number of halogens is 4. The summed E-state index contributed by atoms with van der Waals surface area (Å²) in [6.07, 6.45) is 0. The largest absolute Gasteiger partial charge is 0.457 e. The van der Waals surface area contributed by atoms with Crippen molar-refractivity contribution in [3.05, 3.63) is 57.3 Å². The van der Waals surface area contributed by atoms with Crippen molar-refractivity contribution in [2.24, 2.45) is 0 Å². The lowest BCUT2D eigenvalue weighted by atomic mass is 10.2. The Kier molecular flexibility index (Phi) is 4.65. The highest BCUT2D eigenvalue weighted by Gasteiger charge is 2.07. The molecule has 0 heterocycles. The lowest BCUT2D eigenvalue weighted by molar-refractivity contribution is 0.472. The first-order chi connectivity index (χ1) is 8.60. The first-order valence-corrected chi connectivity index (χ1v) is 7.36. The van der Waals surface area contributed by atoms with Crippen LogP contribution in [-0.4, -0.2) is 0 Å². The second-order valence-corrected chi connectivity index (χ2v) is 5.42. The van der Waals surface area contributed by atoms with Crippen molar-refractivity contribution in [3.8, 4) is 11.5 Å². The summed E-state index contributed by atoms with van der Waals surface area (Å²) in [7, 11) is 0. The zero-order chi connectivity index (χ0) is 13.1. The quantitative estimate of drug-likeness (QED) is 0.587. The van der Waals surface area contributed by atoms with E-state index in [9.17, 15) is 4.39 Å². The van der Waals surface area contributed by atoms with Crippen molar-refractivity contribution in [1.29, 1.82) is 0 Å². The van der Waals surface area contributed by atoms with E-state index >= 15 is 0 Å². The molecule has 0 saturated heterocycles. The molecule has 1 nitrogen and oxygen atoms in total. The van der Waals surface area contributed by atoms with Gasteiger partial charge in [0.15, 0.2) is 0 Å². The van der Waals surface area contributed by atoms with E-state index in [-0.39, 0.29) is 5.82 Å². The number of hydrogen-bond donors (Lipinski definition) is 0. The maximum Gasteiger partial charge on any atom is 0.141 e. The summed E-state index contributed by atoms with van der Waals surface area (Å²) >= 11 is 12.4. The molecule has 0 atom stereocenters. The molecule has 0 spiro atoms. The third kappa shape index (κ3) is 3.25. The standard InChI is InChI=1S/C13H8Br2ClFO/c14-7-8-1-2-9(16)5-13(8)18-10-3-4-11(15)12(17)6-10/h1-6H,7H2. The van der Waals surface area contributed by atoms with E-state index in [4.69, 9.17) is 16.3 Å². The van der Waals surface area contributed by atoms with Crippen molar-refractivity contribution in [1.82, 2.24) is 0 Å². The molecular formula is C13H8Br2ClFO. The van der Waals surface area contributed by atoms with Crippen molar-refractivity contribution in [3.63, 3.8) is 0 Å². The van der Waals surface area contributed by atoms with Crippen LogP contribution in [-0.2, 0) is 5.33 Å². The fourth-order valence-electron chi connectivity index (χ4n) is 1.40. The smallest absolute Gasteiger partial charge is 0.141 e. The number of hydrogen-bond acceptors (Lipinski definition) is 1. The molecule has 0 aliphatic rings. The summed E-state index contributed by atoms with van der Waals surface area (Å²) in [6, 6.07) is 9.96. The molecule has 2 aromatic rings. The van der Waals surface area contributed by atoms with E-state index in [1.807, 2.05) is 6.07 Å². The molecule has 94 valence electrons. The van der Waals surface area contributed by atoms with E-state index in [0.717, 1.165) is 5.56 Å². The van der Waals surface area contributed by atoms with E-state index in [2.05, 4.69) is 31.9 Å². The van der Waals surface area contributed by atoms with Crippen LogP contribution < -0.4 is 4.74 Å². The van der Waals surface area contributed by atoms with Crippen molar-refractivity contribution in [2.75, 3.05) is 0 Å². The van der Waals surface area contributed by atoms with Gasteiger partial charge in [-0.15, -0.1) is 0 Å². The van der Waals surface area contributed by atoms with Gasteiger partial charge in [-0.25, -0.2) is 4.39 Å². The molecule has 2 aromatic carbocycles. The molecule has 5 heteroatoms. The number of rotatable bonds is 3. The molecular weight excluding hydrogens is 386 g/mol. The average molecular weight is 394 g/mol. The molecule has 0 radical (unpaired) electrons. The van der Waals surface area contributed by atoms with Crippen LogP contribution in [0.4, 0.5) is 4.39 Å². The maximum atomic E-state index is 13.4. The summed E-state index contributed by atoms with van der Waals surface area (Å²) < 4.78 is 19.4. The van der Waals surface area contributed by atoms with Crippen LogP contribution in [0, 0.1) is 5.82 Å². The predicted molar refractivity (Wildman–Crippen MR) is 78.3 cm³/mol. The summed E-state index contributed by atoms with van der Waals surface area (Å²) in [5, 5.41) is 1.21. The summed E-state index contributed by atoms with van der Waals surface area (Å²) in [5.41, 5.74) is 0.947. The van der Waals surface area contributed by atoms with Gasteiger partial charge in [-0.1, -0.05) is 33.6 Å². The van der Waals surface area contributed by atoms with Crippen LogP contribution in [0.2, 0.25) is 5.02 Å². The Hall–Kier alpha value is -0.580. The Balaban J connectivity index is 2.33. The van der Waals surface area contributed by atoms with E-state index < -0.39 is 0 Å². The van der Waals surface area contributed by atoms with Gasteiger partial charge in [0.1, 0.15) is 17.3 Å². The summed E-state index contributed by atoms with van der Waals surface area (Å²) in [4.78, 5) is 0. The molecule has 0 aliphatic heterocycles. The number of ether oxygens (including phenoxy) is 1. The minimum absolute atomic E-state index is 0.366. The van der Waals surface area contributed by atoms with Gasteiger partial charge in [0.2, 0.25) is 0 Å². The zero-order valence-electron chi connectivity index (χ0n) is 9.09. The molecule has 0 bridgehead atoms. The number of alkyl halides is 1. The fourth-order valence-corrected chi connectivity index (χ4v) is 2.27. The van der Waals surface area contributed by atoms with Gasteiger partial charge in [-0.2, -0.15) is 0 Å². The van der Waals surface area contributed by atoms with Crippen LogP contribution in [0.3, 0.4) is 0 Å². The Morgan fingerprint density at radius 3 is 2.61 bits per heavy atom. The highest BCUT2D eigenvalue weighted by molar-refractivity contribution is 9.10. The monoisotopic (exact) mass is 392 g/mol. The van der Waals surface area contributed by atoms with Crippen LogP contribution in [0.25, 0.3) is 0 Å². The third-order valence-corrected chi connectivity index (χ3v) is 3.77. The van der Waals surface area contributed by atoms with Gasteiger partial charge in [0.25, 0.3) is 0 Å². The summed E-state index contributed by atoms with van der Waals surface area (Å²) in [6.45, 7) is 0. The fraction of sp³-hybridized carbons (Fsp3) is 0.0769. The summed E-state index contributed by atoms with van der Waals surface area (Å²) in [5.74, 6) is 0.677. The molecule has 0 N–H and O–H groups in total. The van der Waals surface area contributed by atoms with Crippen molar-refractivity contribution >= 4 is 43.5 Å². The minimum atomic E-state index is -0.366. The molecule has 0 fully saturated rings. The van der Waals surface area contributed by atoms with Crippen LogP contribution in [0.5, 0.6) is 11.5 Å². The SMILES string of the molecule is Fc1cc(Oc2cc(Cl)ccc2CBr)ccc1Br. The third-order valence-electron chi connectivity index (χ3n) is 2.29. The van der Waals surface area contributed by atoms with Gasteiger partial charge < -0.3 is 4.74 Å². The maximum absolute atomic E-state index is 13.4. The Morgan fingerprint density at radius 1 is 1.17 bits per heavy atom. The van der Waals surface area contributed by atoms with Gasteiger partial charge in [0, 0.05) is 22.0 Å². The molecule has 18 heavy (non-hydrogen) atoms. The topological polar surface area (TPSA) is 9.23 Å². The van der Waals surface area contributed by atoms with E-state index in [1.165, 1.54) is 6.07 Å². The minimum Gasteiger partial charge on any atom is -0.457 e. The zero-order valence-corrected chi connectivity index (χ0v) is 13.0. The Labute approximate surface area is 126 Å². The average Bonchev–Trinajstić information content (AvgIpc) is 2.34. The van der Waals surface area contributed by atoms with Gasteiger partial charge in [-0.3, -0.25) is 0 Å². The van der Waals surface area contributed by atoms with Gasteiger partial charge in [0.05, 0.1) is 4.47 Å². The Bertz CT molecular complexity index is 575. The van der Waals surface area contributed by atoms with Gasteiger partial charge >= 0.3 is 0 Å². The lowest BCUT2D eigenvalue weighted by Gasteiger charge is -2.10.